The molecule has 2 aliphatic rings. The van der Waals surface area contributed by atoms with Crippen molar-refractivity contribution < 1.29 is 9.59 Å². The Morgan fingerprint density at radius 3 is 2.56 bits per heavy atom. The first-order valence-corrected chi connectivity index (χ1v) is 10.2. The summed E-state index contributed by atoms with van der Waals surface area (Å²) in [4.78, 5) is 30.9. The molecule has 0 radical (unpaired) electrons. The van der Waals surface area contributed by atoms with Crippen molar-refractivity contribution in [2.45, 2.75) is 31.2 Å². The van der Waals surface area contributed by atoms with Crippen molar-refractivity contribution >= 4 is 27.7 Å². The van der Waals surface area contributed by atoms with Crippen molar-refractivity contribution in [3.63, 3.8) is 0 Å². The molecule has 1 aliphatic heterocycles. The Labute approximate surface area is 167 Å². The molecule has 2 heterocycles. The zero-order valence-corrected chi connectivity index (χ0v) is 16.6. The van der Waals surface area contributed by atoms with Gasteiger partial charge in [0.1, 0.15) is 0 Å². The molecule has 5 nitrogen and oxygen atoms in total. The van der Waals surface area contributed by atoms with Crippen molar-refractivity contribution in [1.82, 2.24) is 15.2 Å². The number of aromatic nitrogens is 1. The molecular weight excluding hydrogens is 406 g/mol. The molecule has 2 fully saturated rings. The van der Waals surface area contributed by atoms with Crippen LogP contribution in [0.3, 0.4) is 0 Å². The third kappa shape index (κ3) is 4.21. The number of piperidine rings is 1. The van der Waals surface area contributed by atoms with Crippen molar-refractivity contribution in [3.05, 3.63) is 64.4 Å². The zero-order chi connectivity index (χ0) is 18.8. The first-order chi connectivity index (χ1) is 13.1. The van der Waals surface area contributed by atoms with Crippen molar-refractivity contribution in [2.24, 2.45) is 5.92 Å². The summed E-state index contributed by atoms with van der Waals surface area (Å²) in [6, 6.07) is 11.8. The highest BCUT2D eigenvalue weighted by Crippen LogP contribution is 2.48. The second kappa shape index (κ2) is 7.80. The van der Waals surface area contributed by atoms with Gasteiger partial charge in [-0.15, -0.1) is 0 Å². The Morgan fingerprint density at radius 2 is 1.85 bits per heavy atom. The van der Waals surface area contributed by atoms with Crippen LogP contribution in [0, 0.1) is 5.92 Å². The number of nitrogens with zero attached hydrogens (tertiary/aromatic N) is 2. The highest BCUT2D eigenvalue weighted by atomic mass is 79.9. The third-order valence-corrected chi connectivity index (χ3v) is 5.95. The van der Waals surface area contributed by atoms with Crippen LogP contribution in [0.2, 0.25) is 0 Å². The van der Waals surface area contributed by atoms with E-state index >= 15 is 0 Å². The minimum absolute atomic E-state index is 0.0408. The van der Waals surface area contributed by atoms with E-state index in [1.165, 1.54) is 5.56 Å². The van der Waals surface area contributed by atoms with Gasteiger partial charge >= 0.3 is 0 Å². The molecule has 2 atom stereocenters. The summed E-state index contributed by atoms with van der Waals surface area (Å²) in [5.74, 6) is 0.601. The molecule has 1 aromatic heterocycles. The number of hydrogen-bond acceptors (Lipinski definition) is 3. The minimum Gasteiger partial charge on any atom is -0.353 e. The smallest absolute Gasteiger partial charge is 0.253 e. The average Bonchev–Trinajstić information content (AvgIpc) is 3.50. The van der Waals surface area contributed by atoms with E-state index in [0.717, 1.165) is 23.7 Å². The van der Waals surface area contributed by atoms with Crippen molar-refractivity contribution in [1.29, 1.82) is 0 Å². The fourth-order valence-electron chi connectivity index (χ4n) is 3.80. The minimum atomic E-state index is 0.0408. The van der Waals surface area contributed by atoms with Crippen LogP contribution in [0.25, 0.3) is 0 Å². The Morgan fingerprint density at radius 1 is 1.11 bits per heavy atom. The topological polar surface area (TPSA) is 62.3 Å². The highest BCUT2D eigenvalue weighted by Gasteiger charge is 2.44. The predicted octanol–water partition coefficient (Wildman–Crippen LogP) is 3.37. The molecule has 1 saturated heterocycles. The maximum Gasteiger partial charge on any atom is 0.253 e. The summed E-state index contributed by atoms with van der Waals surface area (Å²) < 4.78 is 1.05. The second-order valence-corrected chi connectivity index (χ2v) is 8.23. The first kappa shape index (κ1) is 18.2. The molecule has 1 N–H and O–H groups in total. The number of carbonyl (C=O) groups excluding carboxylic acids is 2. The number of hydrogen-bond donors (Lipinski definition) is 1. The predicted molar refractivity (Wildman–Crippen MR) is 106 cm³/mol. The van der Waals surface area contributed by atoms with Crippen LogP contribution >= 0.6 is 15.9 Å². The Hall–Kier alpha value is -2.21. The van der Waals surface area contributed by atoms with Gasteiger partial charge in [0.15, 0.2) is 0 Å². The monoisotopic (exact) mass is 427 g/mol. The van der Waals surface area contributed by atoms with Crippen LogP contribution in [0.1, 0.15) is 41.1 Å². The lowest BCUT2D eigenvalue weighted by Crippen LogP contribution is -2.47. The molecular formula is C21H22BrN3O2. The molecule has 6 heteroatoms. The van der Waals surface area contributed by atoms with E-state index in [-0.39, 0.29) is 23.8 Å². The largest absolute Gasteiger partial charge is 0.353 e. The first-order valence-electron chi connectivity index (χ1n) is 9.37. The van der Waals surface area contributed by atoms with Gasteiger partial charge in [0.2, 0.25) is 5.91 Å². The van der Waals surface area contributed by atoms with E-state index in [4.69, 9.17) is 0 Å². The van der Waals surface area contributed by atoms with Crippen LogP contribution in [-0.2, 0) is 4.79 Å². The van der Waals surface area contributed by atoms with E-state index in [2.05, 4.69) is 38.4 Å². The molecule has 2 unspecified atom stereocenters. The van der Waals surface area contributed by atoms with Gasteiger partial charge < -0.3 is 10.2 Å². The second-order valence-electron chi connectivity index (χ2n) is 7.31. The maximum atomic E-state index is 12.6. The standard InChI is InChI=1S/C21H22BrN3O2/c22-16-3-1-2-15(12-16)18-13-19(18)20(26)24-17-6-10-25(11-7-17)21(27)14-4-8-23-9-5-14/h1-5,8-9,12,17-19H,6-7,10-11,13H2,(H,24,26). The molecule has 2 amide bonds. The molecule has 140 valence electrons. The fourth-order valence-corrected chi connectivity index (χ4v) is 4.22. The van der Waals surface area contributed by atoms with Gasteiger partial charge in [-0.1, -0.05) is 28.1 Å². The van der Waals surface area contributed by atoms with Gasteiger partial charge in [0.25, 0.3) is 5.91 Å². The van der Waals surface area contributed by atoms with Crippen LogP contribution in [-0.4, -0.2) is 40.8 Å². The van der Waals surface area contributed by atoms with Gasteiger partial charge in [-0.3, -0.25) is 14.6 Å². The molecule has 1 aliphatic carbocycles. The third-order valence-electron chi connectivity index (χ3n) is 5.46. The van der Waals surface area contributed by atoms with Crippen LogP contribution < -0.4 is 5.32 Å². The fraction of sp³-hybridized carbons (Fsp3) is 0.381. The molecule has 4 rings (SSSR count). The summed E-state index contributed by atoms with van der Waals surface area (Å²) in [5.41, 5.74) is 1.89. The summed E-state index contributed by atoms with van der Waals surface area (Å²) >= 11 is 3.49. The lowest BCUT2D eigenvalue weighted by Gasteiger charge is -2.32. The number of pyridine rings is 1. The maximum absolute atomic E-state index is 12.6. The molecule has 0 bridgehead atoms. The average molecular weight is 428 g/mol. The number of amides is 2. The number of carbonyl (C=O) groups is 2. The van der Waals surface area contributed by atoms with Gasteiger partial charge in [0, 0.05) is 47.5 Å². The molecule has 2 aromatic rings. The van der Waals surface area contributed by atoms with Crippen LogP contribution in [0.15, 0.2) is 53.3 Å². The zero-order valence-electron chi connectivity index (χ0n) is 15.0. The number of rotatable bonds is 4. The van der Waals surface area contributed by atoms with E-state index in [1.807, 2.05) is 17.0 Å². The molecule has 27 heavy (non-hydrogen) atoms. The molecule has 1 saturated carbocycles. The Balaban J connectivity index is 1.26. The lowest BCUT2D eigenvalue weighted by molar-refractivity contribution is -0.123. The lowest BCUT2D eigenvalue weighted by atomic mass is 10.0. The number of halogens is 1. The highest BCUT2D eigenvalue weighted by molar-refractivity contribution is 9.10. The summed E-state index contributed by atoms with van der Waals surface area (Å²) in [6.45, 7) is 1.34. The Kier molecular flexibility index (Phi) is 5.25. The number of benzene rings is 1. The Bertz CT molecular complexity index is 834. The quantitative estimate of drug-likeness (QED) is 0.813. The van der Waals surface area contributed by atoms with Crippen LogP contribution in [0.5, 0.6) is 0 Å². The summed E-state index contributed by atoms with van der Waals surface area (Å²) in [7, 11) is 0. The van der Waals surface area contributed by atoms with E-state index in [1.54, 1.807) is 24.5 Å². The number of likely N-dealkylation sites (tertiary alicyclic amines) is 1. The normalized spacial score (nSPS) is 22.3. The summed E-state index contributed by atoms with van der Waals surface area (Å²) in [5, 5.41) is 3.20. The molecule has 0 spiro atoms. The summed E-state index contributed by atoms with van der Waals surface area (Å²) in [6.07, 6.45) is 5.80. The van der Waals surface area contributed by atoms with Crippen molar-refractivity contribution in [3.8, 4) is 0 Å². The molecule has 1 aromatic carbocycles. The van der Waals surface area contributed by atoms with E-state index < -0.39 is 0 Å². The van der Waals surface area contributed by atoms with Gasteiger partial charge in [0.05, 0.1) is 0 Å². The van der Waals surface area contributed by atoms with Gasteiger partial charge in [-0.05, 0) is 55.0 Å². The van der Waals surface area contributed by atoms with Gasteiger partial charge in [-0.25, -0.2) is 0 Å². The van der Waals surface area contributed by atoms with E-state index in [0.29, 0.717) is 24.6 Å². The van der Waals surface area contributed by atoms with Crippen molar-refractivity contribution in [2.75, 3.05) is 13.1 Å². The SMILES string of the molecule is O=C(NC1CCN(C(=O)c2ccncc2)CC1)C1CC1c1cccc(Br)c1. The van der Waals surface area contributed by atoms with Crippen LogP contribution in [0.4, 0.5) is 0 Å². The number of nitrogens with one attached hydrogen (secondary N) is 1. The van der Waals surface area contributed by atoms with Gasteiger partial charge in [-0.2, -0.15) is 0 Å². The van der Waals surface area contributed by atoms with E-state index in [9.17, 15) is 9.59 Å².